The number of alkyl halides is 3. The van der Waals surface area contributed by atoms with E-state index < -0.39 is 34.2 Å². The molecule has 0 aromatic heterocycles. The van der Waals surface area contributed by atoms with Crippen molar-refractivity contribution in [2.45, 2.75) is 44.7 Å². The van der Waals surface area contributed by atoms with Crippen molar-refractivity contribution in [3.63, 3.8) is 0 Å². The summed E-state index contributed by atoms with van der Waals surface area (Å²) in [5, 5.41) is 11.6. The zero-order chi connectivity index (χ0) is 23.2. The molecule has 0 N–H and O–H groups in total. The van der Waals surface area contributed by atoms with E-state index in [1.807, 2.05) is 31.2 Å². The first-order valence-corrected chi connectivity index (χ1v) is 10.1. The van der Waals surface area contributed by atoms with Gasteiger partial charge >= 0.3 is 6.18 Å². The number of carbonyl (C=O) groups excluding carboxylic acids is 2. The van der Waals surface area contributed by atoms with E-state index >= 15 is 0 Å². The molecule has 0 saturated heterocycles. The van der Waals surface area contributed by atoms with Crippen molar-refractivity contribution >= 4 is 23.1 Å². The van der Waals surface area contributed by atoms with Gasteiger partial charge in [-0.2, -0.15) is 13.2 Å². The molecule has 2 aromatic rings. The number of nitro groups is 1. The Hall–Kier alpha value is -3.49. The summed E-state index contributed by atoms with van der Waals surface area (Å²) in [7, 11) is 0. The van der Waals surface area contributed by atoms with Crippen LogP contribution < -0.4 is 4.90 Å². The molecule has 1 heterocycles. The van der Waals surface area contributed by atoms with Gasteiger partial charge in [0.25, 0.3) is 5.69 Å². The van der Waals surface area contributed by atoms with Gasteiger partial charge in [0.15, 0.2) is 5.78 Å². The number of halogens is 3. The Morgan fingerprint density at radius 2 is 1.75 bits per heavy atom. The molecule has 9 heteroatoms. The number of ketones is 1. The maximum Gasteiger partial charge on any atom is 0.416 e. The minimum atomic E-state index is -4.77. The van der Waals surface area contributed by atoms with Gasteiger partial charge in [-0.3, -0.25) is 24.6 Å². The van der Waals surface area contributed by atoms with E-state index in [1.54, 1.807) is 0 Å². The van der Waals surface area contributed by atoms with Crippen LogP contribution in [-0.2, 0) is 15.8 Å². The molecule has 2 aromatic carbocycles. The van der Waals surface area contributed by atoms with Gasteiger partial charge in [0.05, 0.1) is 10.5 Å². The fraction of sp³-hybridized carbons (Fsp3) is 0.304. The number of allylic oxidation sites excluding steroid dienone is 2. The monoisotopic (exact) mass is 444 g/mol. The molecule has 0 bridgehead atoms. The van der Waals surface area contributed by atoms with Crippen LogP contribution in [0.25, 0.3) is 0 Å². The topological polar surface area (TPSA) is 80.5 Å². The predicted octanol–water partition coefficient (Wildman–Crippen LogP) is 5.45. The molecule has 6 nitrogen and oxygen atoms in total. The van der Waals surface area contributed by atoms with Gasteiger partial charge in [-0.25, -0.2) is 0 Å². The van der Waals surface area contributed by atoms with E-state index in [-0.39, 0.29) is 17.9 Å². The Kier molecular flexibility index (Phi) is 5.36. The van der Waals surface area contributed by atoms with Crippen LogP contribution in [0.3, 0.4) is 0 Å². The summed E-state index contributed by atoms with van der Waals surface area (Å²) in [6.07, 6.45) is -3.80. The number of benzene rings is 2. The Morgan fingerprint density at radius 1 is 1.06 bits per heavy atom. The lowest BCUT2D eigenvalue weighted by molar-refractivity contribution is -0.384. The Labute approximate surface area is 181 Å². The quantitative estimate of drug-likeness (QED) is 0.466. The molecular weight excluding hydrogens is 425 g/mol. The van der Waals surface area contributed by atoms with Crippen molar-refractivity contribution in [2.24, 2.45) is 0 Å². The molecule has 1 aliphatic heterocycles. The molecule has 32 heavy (non-hydrogen) atoms. The van der Waals surface area contributed by atoms with Crippen molar-refractivity contribution in [3.8, 4) is 0 Å². The maximum atomic E-state index is 13.2. The molecule has 1 unspecified atom stereocenters. The van der Waals surface area contributed by atoms with Crippen molar-refractivity contribution in [1.82, 2.24) is 0 Å². The molecule has 4 rings (SSSR count). The van der Waals surface area contributed by atoms with E-state index in [0.29, 0.717) is 42.7 Å². The predicted molar refractivity (Wildman–Crippen MR) is 110 cm³/mol. The number of rotatable bonds is 3. The van der Waals surface area contributed by atoms with Gasteiger partial charge in [-0.05, 0) is 37.5 Å². The van der Waals surface area contributed by atoms with E-state index in [9.17, 15) is 32.9 Å². The fourth-order valence-electron chi connectivity index (χ4n) is 4.39. The first-order chi connectivity index (χ1) is 15.1. The van der Waals surface area contributed by atoms with Crippen LogP contribution in [0.4, 0.5) is 24.5 Å². The number of Topliss-reactive ketones (excluding diaryl/α,β-unsaturated/α-hetero) is 1. The lowest BCUT2D eigenvalue weighted by atomic mass is 9.77. The third kappa shape index (κ3) is 3.79. The molecular formula is C23H19F3N2O4. The molecule has 0 fully saturated rings. The Morgan fingerprint density at radius 3 is 2.38 bits per heavy atom. The minimum Gasteiger partial charge on any atom is -0.294 e. The third-order valence-electron chi connectivity index (χ3n) is 5.90. The summed E-state index contributed by atoms with van der Waals surface area (Å²) in [5.74, 6) is -1.13. The van der Waals surface area contributed by atoms with Crippen molar-refractivity contribution in [3.05, 3.63) is 80.5 Å². The molecule has 1 atom stereocenters. The maximum absolute atomic E-state index is 13.2. The first kappa shape index (κ1) is 21.7. The zero-order valence-corrected chi connectivity index (χ0v) is 17.1. The minimum absolute atomic E-state index is 0.105. The molecule has 1 amide bonds. The van der Waals surface area contributed by atoms with Crippen molar-refractivity contribution < 1.29 is 27.7 Å². The molecule has 166 valence electrons. The smallest absolute Gasteiger partial charge is 0.294 e. The van der Waals surface area contributed by atoms with Crippen LogP contribution >= 0.6 is 0 Å². The van der Waals surface area contributed by atoms with Crippen molar-refractivity contribution in [2.75, 3.05) is 4.90 Å². The second-order valence-electron chi connectivity index (χ2n) is 7.99. The number of amides is 1. The standard InChI is InChI=1S/C23H19F3N2O4/c1-13-5-7-14(8-6-13)16-12-21(30)27(18-3-2-4-20(29)22(16)18)17-10-9-15(23(24,25)26)11-19(17)28(31)32/h5-11,16H,2-4,12H2,1H3. The summed E-state index contributed by atoms with van der Waals surface area (Å²) < 4.78 is 39.3. The summed E-state index contributed by atoms with van der Waals surface area (Å²) in [6.45, 7) is 1.91. The molecule has 0 saturated carbocycles. The largest absolute Gasteiger partial charge is 0.416 e. The molecule has 0 radical (unpaired) electrons. The Bertz CT molecular complexity index is 1150. The number of nitro benzene ring substituents is 1. The lowest BCUT2D eigenvalue weighted by Crippen LogP contribution is -2.40. The average Bonchev–Trinajstić information content (AvgIpc) is 2.73. The number of aryl methyl sites for hydroxylation is 1. The lowest BCUT2D eigenvalue weighted by Gasteiger charge is -2.38. The molecule has 2 aliphatic rings. The summed E-state index contributed by atoms with van der Waals surface area (Å²) >= 11 is 0. The number of hydrogen-bond donors (Lipinski definition) is 0. The highest BCUT2D eigenvalue weighted by molar-refractivity contribution is 6.08. The second kappa shape index (κ2) is 7.89. The molecule has 1 aliphatic carbocycles. The molecule has 0 spiro atoms. The third-order valence-corrected chi connectivity index (χ3v) is 5.90. The van der Waals surface area contributed by atoms with E-state index in [0.717, 1.165) is 22.1 Å². The fourth-order valence-corrected chi connectivity index (χ4v) is 4.39. The first-order valence-electron chi connectivity index (χ1n) is 10.1. The second-order valence-corrected chi connectivity index (χ2v) is 7.99. The average molecular weight is 444 g/mol. The van der Waals surface area contributed by atoms with Gasteiger partial charge < -0.3 is 0 Å². The van der Waals surface area contributed by atoms with Crippen LogP contribution in [0, 0.1) is 17.0 Å². The number of hydrogen-bond acceptors (Lipinski definition) is 4. The normalized spacial score (nSPS) is 19.2. The van der Waals surface area contributed by atoms with Gasteiger partial charge in [0, 0.05) is 36.1 Å². The van der Waals surface area contributed by atoms with E-state index in [4.69, 9.17) is 0 Å². The Balaban J connectivity index is 1.89. The number of nitrogens with zero attached hydrogens (tertiary/aromatic N) is 2. The van der Waals surface area contributed by atoms with Crippen molar-refractivity contribution in [1.29, 1.82) is 0 Å². The highest BCUT2D eigenvalue weighted by Gasteiger charge is 2.42. The highest BCUT2D eigenvalue weighted by atomic mass is 19.4. The summed E-state index contributed by atoms with van der Waals surface area (Å²) in [6, 6.07) is 9.52. The zero-order valence-electron chi connectivity index (χ0n) is 17.1. The van der Waals surface area contributed by atoms with Gasteiger partial charge in [-0.15, -0.1) is 0 Å². The van der Waals surface area contributed by atoms with Crippen LogP contribution in [0.15, 0.2) is 53.7 Å². The van der Waals surface area contributed by atoms with Crippen LogP contribution in [0.2, 0.25) is 0 Å². The summed E-state index contributed by atoms with van der Waals surface area (Å²) in [5.41, 5.74) is 0.295. The van der Waals surface area contributed by atoms with Gasteiger partial charge in [0.1, 0.15) is 5.69 Å². The van der Waals surface area contributed by atoms with E-state index in [1.165, 1.54) is 0 Å². The van der Waals surface area contributed by atoms with Gasteiger partial charge in [0.2, 0.25) is 5.91 Å². The van der Waals surface area contributed by atoms with Crippen LogP contribution in [-0.4, -0.2) is 16.6 Å². The van der Waals surface area contributed by atoms with Gasteiger partial charge in [-0.1, -0.05) is 29.8 Å². The highest BCUT2D eigenvalue weighted by Crippen LogP contribution is 2.46. The van der Waals surface area contributed by atoms with Crippen LogP contribution in [0.1, 0.15) is 48.3 Å². The number of anilines is 1. The van der Waals surface area contributed by atoms with E-state index in [2.05, 4.69) is 0 Å². The van der Waals surface area contributed by atoms with Crippen LogP contribution in [0.5, 0.6) is 0 Å². The number of carbonyl (C=O) groups is 2. The SMILES string of the molecule is Cc1ccc(C2CC(=O)N(c3ccc(C(F)(F)F)cc3[N+](=O)[O-])C3=C2C(=O)CCC3)cc1. The summed E-state index contributed by atoms with van der Waals surface area (Å²) in [4.78, 5) is 37.8.